The van der Waals surface area contributed by atoms with E-state index in [4.69, 9.17) is 9.05 Å². The Hall–Kier alpha value is -1.43. The lowest BCUT2D eigenvalue weighted by Gasteiger charge is -2.26. The smallest absolute Gasteiger partial charge is 0.413 e. The van der Waals surface area contributed by atoms with Gasteiger partial charge in [-0.3, -0.25) is 14.6 Å². The Balaban J connectivity index is 2.02. The second-order valence-electron chi connectivity index (χ2n) is 4.99. The first kappa shape index (κ1) is 15.9. The maximum Gasteiger partial charge on any atom is 0.458 e. The van der Waals surface area contributed by atoms with Crippen molar-refractivity contribution in [3.05, 3.63) is 34.4 Å². The van der Waals surface area contributed by atoms with E-state index in [0.29, 0.717) is 0 Å². The van der Waals surface area contributed by atoms with E-state index >= 15 is 0 Å². The minimum atomic E-state index is -3.45. The molecule has 1 aromatic rings. The van der Waals surface area contributed by atoms with Crippen molar-refractivity contribution in [3.63, 3.8) is 0 Å². The summed E-state index contributed by atoms with van der Waals surface area (Å²) in [5.74, 6) is 0.272. The number of non-ortho nitro benzene ring substituents is 1. The molecule has 1 saturated carbocycles. The SMILES string of the molecule is COP(=O)(NC1CCCCC1)Oc1ccc([N+](=O)[O-])cc1. The van der Waals surface area contributed by atoms with Crippen LogP contribution in [0, 0.1) is 10.1 Å². The van der Waals surface area contributed by atoms with Gasteiger partial charge in [-0.2, -0.15) is 0 Å². The molecule has 0 aliphatic heterocycles. The Labute approximate surface area is 123 Å². The van der Waals surface area contributed by atoms with Gasteiger partial charge in [0.25, 0.3) is 5.69 Å². The molecule has 7 nitrogen and oxygen atoms in total. The van der Waals surface area contributed by atoms with Crippen LogP contribution < -0.4 is 9.61 Å². The molecule has 2 rings (SSSR count). The molecule has 1 aliphatic carbocycles. The van der Waals surface area contributed by atoms with Crippen LogP contribution in [0.15, 0.2) is 24.3 Å². The second-order valence-corrected chi connectivity index (χ2v) is 6.79. The minimum absolute atomic E-state index is 0.0464. The standard InChI is InChI=1S/C13H19N2O5P/c1-19-21(18,14-11-5-3-2-4-6-11)20-13-9-7-12(8-10-13)15(16)17/h7-11H,2-6H2,1H3,(H,14,18). The fourth-order valence-electron chi connectivity index (χ4n) is 2.34. The van der Waals surface area contributed by atoms with E-state index in [9.17, 15) is 14.7 Å². The zero-order valence-electron chi connectivity index (χ0n) is 11.9. The van der Waals surface area contributed by atoms with Gasteiger partial charge in [0.2, 0.25) is 0 Å². The normalized spacial score (nSPS) is 18.9. The van der Waals surface area contributed by atoms with Crippen molar-refractivity contribution >= 4 is 13.4 Å². The van der Waals surface area contributed by atoms with Crippen molar-refractivity contribution in [3.8, 4) is 5.75 Å². The summed E-state index contributed by atoms with van der Waals surface area (Å²) in [4.78, 5) is 10.1. The summed E-state index contributed by atoms with van der Waals surface area (Å²) in [6.45, 7) is 0. The molecule has 1 fully saturated rings. The van der Waals surface area contributed by atoms with Crippen LogP contribution in [0.4, 0.5) is 5.69 Å². The van der Waals surface area contributed by atoms with Gasteiger partial charge >= 0.3 is 7.75 Å². The Bertz CT molecular complexity index is 528. The van der Waals surface area contributed by atoms with E-state index in [1.54, 1.807) is 0 Å². The number of hydrogen-bond acceptors (Lipinski definition) is 5. The third-order valence-electron chi connectivity index (χ3n) is 3.46. The van der Waals surface area contributed by atoms with Gasteiger partial charge in [0.15, 0.2) is 0 Å². The van der Waals surface area contributed by atoms with Gasteiger partial charge in [-0.15, -0.1) is 0 Å². The fourth-order valence-corrected chi connectivity index (χ4v) is 3.68. The van der Waals surface area contributed by atoms with Crippen LogP contribution in [0.1, 0.15) is 32.1 Å². The van der Waals surface area contributed by atoms with Crippen molar-refractivity contribution in [1.29, 1.82) is 0 Å². The van der Waals surface area contributed by atoms with E-state index < -0.39 is 12.7 Å². The van der Waals surface area contributed by atoms with Gasteiger partial charge in [-0.05, 0) is 25.0 Å². The number of benzene rings is 1. The second kappa shape index (κ2) is 7.02. The van der Waals surface area contributed by atoms with Gasteiger partial charge in [0, 0.05) is 25.3 Å². The van der Waals surface area contributed by atoms with Gasteiger partial charge in [-0.25, -0.2) is 9.65 Å². The van der Waals surface area contributed by atoms with Crippen LogP contribution in [-0.2, 0) is 9.09 Å². The summed E-state index contributed by atoms with van der Waals surface area (Å²) in [5.41, 5.74) is -0.0464. The Kier molecular flexibility index (Phi) is 5.33. The lowest BCUT2D eigenvalue weighted by atomic mass is 9.96. The number of nitro groups is 1. The molecule has 1 aromatic carbocycles. The van der Waals surface area contributed by atoms with Crippen LogP contribution in [-0.4, -0.2) is 18.1 Å². The molecule has 1 unspecified atom stereocenters. The molecule has 0 saturated heterocycles. The first-order valence-electron chi connectivity index (χ1n) is 6.90. The summed E-state index contributed by atoms with van der Waals surface area (Å²) in [5, 5.41) is 13.5. The average molecular weight is 314 g/mol. The largest absolute Gasteiger partial charge is 0.458 e. The highest BCUT2D eigenvalue weighted by atomic mass is 31.2. The highest BCUT2D eigenvalue weighted by molar-refractivity contribution is 7.52. The van der Waals surface area contributed by atoms with Crippen molar-refractivity contribution in [1.82, 2.24) is 5.09 Å². The van der Waals surface area contributed by atoms with Gasteiger partial charge in [-0.1, -0.05) is 19.3 Å². The van der Waals surface area contributed by atoms with Gasteiger partial charge in [0.1, 0.15) is 5.75 Å². The Morgan fingerprint density at radius 3 is 2.38 bits per heavy atom. The summed E-state index contributed by atoms with van der Waals surface area (Å²) >= 11 is 0. The maximum absolute atomic E-state index is 12.5. The monoisotopic (exact) mass is 314 g/mol. The molecule has 0 heterocycles. The summed E-state index contributed by atoms with van der Waals surface area (Å²) in [6.07, 6.45) is 5.27. The molecule has 116 valence electrons. The first-order chi connectivity index (χ1) is 10.0. The molecule has 0 spiro atoms. The number of nitrogens with one attached hydrogen (secondary N) is 1. The summed E-state index contributed by atoms with van der Waals surface area (Å²) in [6, 6.07) is 5.53. The number of nitro benzene ring substituents is 1. The van der Waals surface area contributed by atoms with Crippen LogP contribution in [0.5, 0.6) is 5.75 Å². The van der Waals surface area contributed by atoms with Crippen LogP contribution in [0.2, 0.25) is 0 Å². The van der Waals surface area contributed by atoms with E-state index in [-0.39, 0.29) is 17.5 Å². The molecular formula is C13H19N2O5P. The first-order valence-corrected chi connectivity index (χ1v) is 8.44. The number of rotatable bonds is 6. The lowest BCUT2D eigenvalue weighted by molar-refractivity contribution is -0.384. The molecule has 0 radical (unpaired) electrons. The van der Waals surface area contributed by atoms with E-state index in [0.717, 1.165) is 25.7 Å². The zero-order chi connectivity index (χ0) is 15.3. The summed E-state index contributed by atoms with van der Waals surface area (Å²) in [7, 11) is -2.13. The predicted octanol–water partition coefficient (Wildman–Crippen LogP) is 3.65. The quantitative estimate of drug-likeness (QED) is 0.489. The lowest BCUT2D eigenvalue weighted by Crippen LogP contribution is -2.30. The molecule has 1 atom stereocenters. The van der Waals surface area contributed by atoms with E-state index in [1.807, 2.05) is 0 Å². The highest BCUT2D eigenvalue weighted by Gasteiger charge is 2.29. The molecule has 1 aliphatic rings. The minimum Gasteiger partial charge on any atom is -0.413 e. The van der Waals surface area contributed by atoms with Crippen molar-refractivity contribution in [2.24, 2.45) is 0 Å². The van der Waals surface area contributed by atoms with Crippen molar-refractivity contribution in [2.75, 3.05) is 7.11 Å². The third kappa shape index (κ3) is 4.52. The zero-order valence-corrected chi connectivity index (χ0v) is 12.8. The van der Waals surface area contributed by atoms with Crippen molar-refractivity contribution in [2.45, 2.75) is 38.1 Å². The molecule has 21 heavy (non-hydrogen) atoms. The number of hydrogen-bond donors (Lipinski definition) is 1. The summed E-state index contributed by atoms with van der Waals surface area (Å²) < 4.78 is 22.9. The van der Waals surface area contributed by atoms with Gasteiger partial charge in [0.05, 0.1) is 4.92 Å². The average Bonchev–Trinajstić information content (AvgIpc) is 2.48. The number of nitrogens with zero attached hydrogens (tertiary/aromatic N) is 1. The van der Waals surface area contributed by atoms with Gasteiger partial charge < -0.3 is 4.52 Å². The van der Waals surface area contributed by atoms with Crippen LogP contribution in [0.25, 0.3) is 0 Å². The topological polar surface area (TPSA) is 90.7 Å². The van der Waals surface area contributed by atoms with Crippen molar-refractivity contribution < 1.29 is 18.5 Å². The Morgan fingerprint density at radius 2 is 1.86 bits per heavy atom. The molecule has 0 aromatic heterocycles. The maximum atomic E-state index is 12.5. The molecule has 1 N–H and O–H groups in total. The molecular weight excluding hydrogens is 295 g/mol. The van der Waals surface area contributed by atoms with E-state index in [2.05, 4.69) is 5.09 Å². The van der Waals surface area contributed by atoms with Crippen LogP contribution >= 0.6 is 7.75 Å². The third-order valence-corrected chi connectivity index (χ3v) is 5.07. The van der Waals surface area contributed by atoms with Crippen LogP contribution in [0.3, 0.4) is 0 Å². The van der Waals surface area contributed by atoms with E-state index in [1.165, 1.54) is 37.8 Å². The molecule has 0 amide bonds. The Morgan fingerprint density at radius 1 is 1.24 bits per heavy atom. The molecule has 0 bridgehead atoms. The molecule has 8 heteroatoms. The fraction of sp³-hybridized carbons (Fsp3) is 0.538. The predicted molar refractivity (Wildman–Crippen MR) is 78.3 cm³/mol. The highest BCUT2D eigenvalue weighted by Crippen LogP contribution is 2.45.